The van der Waals surface area contributed by atoms with Crippen molar-refractivity contribution in [3.05, 3.63) is 0 Å². The Morgan fingerprint density at radius 2 is 2.06 bits per heavy atom. The van der Waals surface area contributed by atoms with Crippen molar-refractivity contribution in [1.82, 2.24) is 9.80 Å². The van der Waals surface area contributed by atoms with Crippen LogP contribution >= 0.6 is 0 Å². The molecule has 0 bridgehead atoms. The van der Waals surface area contributed by atoms with Gasteiger partial charge in [-0.25, -0.2) is 0 Å². The first-order valence-corrected chi connectivity index (χ1v) is 6.40. The predicted octanol–water partition coefficient (Wildman–Crippen LogP) is 1.95. The van der Waals surface area contributed by atoms with Gasteiger partial charge in [0.15, 0.2) is 0 Å². The summed E-state index contributed by atoms with van der Waals surface area (Å²) in [5.41, 5.74) is 0. The number of likely N-dealkylation sites (N-methyl/N-ethyl adjacent to an activating group) is 2. The van der Waals surface area contributed by atoms with Crippen LogP contribution in [-0.2, 0) is 0 Å². The summed E-state index contributed by atoms with van der Waals surface area (Å²) in [5.74, 6) is 0.254. The van der Waals surface area contributed by atoms with Gasteiger partial charge in [-0.2, -0.15) is 5.26 Å². The fraction of sp³-hybridized carbons (Fsp3) is 0.923. The van der Waals surface area contributed by atoms with E-state index in [-0.39, 0.29) is 5.92 Å². The van der Waals surface area contributed by atoms with E-state index >= 15 is 0 Å². The minimum absolute atomic E-state index is 0.254. The molecule has 3 heteroatoms. The molecular weight excluding hydrogens is 198 g/mol. The second-order valence-electron chi connectivity index (χ2n) is 5.18. The van der Waals surface area contributed by atoms with Crippen LogP contribution < -0.4 is 0 Å². The van der Waals surface area contributed by atoms with Gasteiger partial charge in [-0.15, -0.1) is 0 Å². The molecule has 0 radical (unpaired) electrons. The van der Waals surface area contributed by atoms with Gasteiger partial charge in [-0.1, -0.05) is 13.3 Å². The van der Waals surface area contributed by atoms with Gasteiger partial charge >= 0.3 is 0 Å². The highest BCUT2D eigenvalue weighted by molar-refractivity contribution is 4.98. The zero-order valence-electron chi connectivity index (χ0n) is 11.1. The second-order valence-corrected chi connectivity index (χ2v) is 5.18. The molecule has 1 rings (SSSR count). The van der Waals surface area contributed by atoms with Crippen LogP contribution in [0.4, 0.5) is 0 Å². The third-order valence-corrected chi connectivity index (χ3v) is 3.63. The van der Waals surface area contributed by atoms with Crippen LogP contribution in [0.5, 0.6) is 0 Å². The van der Waals surface area contributed by atoms with Crippen LogP contribution in [0.2, 0.25) is 0 Å². The molecule has 3 nitrogen and oxygen atoms in total. The quantitative estimate of drug-likeness (QED) is 0.713. The summed E-state index contributed by atoms with van der Waals surface area (Å²) < 4.78 is 0. The van der Waals surface area contributed by atoms with Crippen molar-refractivity contribution in [3.63, 3.8) is 0 Å². The summed E-state index contributed by atoms with van der Waals surface area (Å²) in [6, 6.07) is 3.51. The van der Waals surface area contributed by atoms with Gasteiger partial charge in [-0.05, 0) is 40.4 Å². The Hall–Kier alpha value is -0.590. The highest BCUT2D eigenvalue weighted by atomic mass is 15.2. The Kier molecular flexibility index (Phi) is 5.24. The Labute approximate surface area is 100 Å². The molecule has 0 heterocycles. The molecule has 0 aliphatic heterocycles. The first kappa shape index (κ1) is 13.5. The van der Waals surface area contributed by atoms with Gasteiger partial charge in [0, 0.05) is 18.6 Å². The number of hydrogen-bond acceptors (Lipinski definition) is 3. The van der Waals surface area contributed by atoms with Gasteiger partial charge in [0.25, 0.3) is 0 Å². The highest BCUT2D eigenvalue weighted by Crippen LogP contribution is 2.30. The molecule has 0 aromatic heterocycles. The Morgan fingerprint density at radius 1 is 1.38 bits per heavy atom. The topological polar surface area (TPSA) is 30.3 Å². The maximum atomic E-state index is 9.16. The maximum absolute atomic E-state index is 9.16. The number of rotatable bonds is 5. The fourth-order valence-electron chi connectivity index (χ4n) is 2.99. The lowest BCUT2D eigenvalue weighted by Crippen LogP contribution is -2.47. The summed E-state index contributed by atoms with van der Waals surface area (Å²) in [4.78, 5) is 4.74. The molecule has 1 fully saturated rings. The molecule has 0 aromatic rings. The van der Waals surface area contributed by atoms with E-state index in [1.54, 1.807) is 0 Å². The van der Waals surface area contributed by atoms with Crippen LogP contribution in [0.1, 0.15) is 33.1 Å². The van der Waals surface area contributed by atoms with E-state index in [0.717, 1.165) is 19.5 Å². The SMILES string of the molecule is CCN(C(C)CN(C)C)C1CCCC1C#N. The van der Waals surface area contributed by atoms with E-state index in [4.69, 9.17) is 5.26 Å². The van der Waals surface area contributed by atoms with Gasteiger partial charge in [-0.3, -0.25) is 4.90 Å². The second kappa shape index (κ2) is 6.22. The summed E-state index contributed by atoms with van der Waals surface area (Å²) in [5, 5.41) is 9.16. The summed E-state index contributed by atoms with van der Waals surface area (Å²) in [6.07, 6.45) is 3.50. The molecule has 1 aliphatic carbocycles. The lowest BCUT2D eigenvalue weighted by atomic mass is 10.0. The minimum Gasteiger partial charge on any atom is -0.308 e. The third-order valence-electron chi connectivity index (χ3n) is 3.63. The standard InChI is InChI=1S/C13H25N3/c1-5-16(11(2)10-15(3)4)13-8-6-7-12(13)9-14/h11-13H,5-8,10H2,1-4H3. The van der Waals surface area contributed by atoms with Gasteiger partial charge in [0.05, 0.1) is 12.0 Å². The summed E-state index contributed by atoms with van der Waals surface area (Å²) in [6.45, 7) is 6.61. The summed E-state index contributed by atoms with van der Waals surface area (Å²) >= 11 is 0. The van der Waals surface area contributed by atoms with Crippen molar-refractivity contribution in [2.45, 2.75) is 45.2 Å². The molecule has 1 saturated carbocycles. The van der Waals surface area contributed by atoms with E-state index in [1.807, 2.05) is 0 Å². The molecule has 3 atom stereocenters. The van der Waals surface area contributed by atoms with Gasteiger partial charge in [0.1, 0.15) is 0 Å². The third kappa shape index (κ3) is 3.20. The molecule has 0 N–H and O–H groups in total. The smallest absolute Gasteiger partial charge is 0.0672 e. The van der Waals surface area contributed by atoms with Crippen molar-refractivity contribution >= 4 is 0 Å². The van der Waals surface area contributed by atoms with Crippen LogP contribution in [0.25, 0.3) is 0 Å². The van der Waals surface area contributed by atoms with Gasteiger partial charge < -0.3 is 4.90 Å². The maximum Gasteiger partial charge on any atom is 0.0672 e. The Morgan fingerprint density at radius 3 is 2.56 bits per heavy atom. The minimum atomic E-state index is 0.254. The molecule has 0 amide bonds. The molecule has 1 aliphatic rings. The molecule has 0 aromatic carbocycles. The van der Waals surface area contributed by atoms with Crippen LogP contribution in [0, 0.1) is 17.2 Å². The molecule has 3 unspecified atom stereocenters. The van der Waals surface area contributed by atoms with E-state index in [2.05, 4.69) is 43.8 Å². The Bertz CT molecular complexity index is 244. The zero-order valence-corrected chi connectivity index (χ0v) is 11.1. The van der Waals surface area contributed by atoms with Crippen molar-refractivity contribution in [2.75, 3.05) is 27.2 Å². The number of hydrogen-bond donors (Lipinski definition) is 0. The van der Waals surface area contributed by atoms with Crippen LogP contribution in [0.3, 0.4) is 0 Å². The van der Waals surface area contributed by atoms with Crippen molar-refractivity contribution in [2.24, 2.45) is 5.92 Å². The van der Waals surface area contributed by atoms with E-state index < -0.39 is 0 Å². The Balaban J connectivity index is 2.62. The highest BCUT2D eigenvalue weighted by Gasteiger charge is 2.33. The molecule has 92 valence electrons. The average molecular weight is 223 g/mol. The van der Waals surface area contributed by atoms with Crippen molar-refractivity contribution in [3.8, 4) is 6.07 Å². The first-order valence-electron chi connectivity index (χ1n) is 6.40. The molecule has 0 saturated heterocycles. The fourth-order valence-corrected chi connectivity index (χ4v) is 2.99. The molecule has 16 heavy (non-hydrogen) atoms. The largest absolute Gasteiger partial charge is 0.308 e. The lowest BCUT2D eigenvalue weighted by Gasteiger charge is -2.36. The van der Waals surface area contributed by atoms with Crippen molar-refractivity contribution in [1.29, 1.82) is 5.26 Å². The molecular formula is C13H25N3. The average Bonchev–Trinajstić information content (AvgIpc) is 2.66. The molecule has 0 spiro atoms. The van der Waals surface area contributed by atoms with Crippen LogP contribution in [0.15, 0.2) is 0 Å². The number of nitrogens with zero attached hydrogens (tertiary/aromatic N) is 3. The first-order chi connectivity index (χ1) is 7.60. The monoisotopic (exact) mass is 223 g/mol. The van der Waals surface area contributed by atoms with Gasteiger partial charge in [0.2, 0.25) is 0 Å². The lowest BCUT2D eigenvalue weighted by molar-refractivity contribution is 0.115. The zero-order chi connectivity index (χ0) is 12.1. The van der Waals surface area contributed by atoms with E-state index in [1.165, 1.54) is 12.8 Å². The van der Waals surface area contributed by atoms with Crippen molar-refractivity contribution < 1.29 is 0 Å². The predicted molar refractivity (Wildman–Crippen MR) is 67.1 cm³/mol. The van der Waals surface area contributed by atoms with E-state index in [0.29, 0.717) is 12.1 Å². The van der Waals surface area contributed by atoms with Crippen LogP contribution in [-0.4, -0.2) is 49.1 Å². The normalized spacial score (nSPS) is 27.3. The summed E-state index contributed by atoms with van der Waals surface area (Å²) in [7, 11) is 4.22. The van der Waals surface area contributed by atoms with E-state index in [9.17, 15) is 0 Å². The number of nitriles is 1.